The Hall–Kier alpha value is -10.6. The van der Waals surface area contributed by atoms with E-state index in [0.29, 0.717) is 160 Å². The van der Waals surface area contributed by atoms with Crippen molar-refractivity contribution in [3.63, 3.8) is 0 Å². The number of nitrogens with zero attached hydrogens (tertiary/aromatic N) is 14. The Balaban J connectivity index is 0.000000154. The molecule has 0 bridgehead atoms. The van der Waals surface area contributed by atoms with Gasteiger partial charge >= 0.3 is 0 Å². The minimum atomic E-state index is -3.38. The van der Waals surface area contributed by atoms with Crippen molar-refractivity contribution < 1.29 is 56.2 Å². The van der Waals surface area contributed by atoms with Crippen LogP contribution in [0.5, 0.6) is 23.0 Å². The van der Waals surface area contributed by atoms with Gasteiger partial charge in [-0.05, 0) is 181 Å². The Bertz CT molecular complexity index is 6080. The van der Waals surface area contributed by atoms with E-state index in [4.69, 9.17) is 104 Å². The number of rotatable bonds is 20. The molecule has 10 aromatic rings. The molecule has 0 amide bonds. The molecule has 0 radical (unpaired) electrons. The zero-order chi connectivity index (χ0) is 94.1. The van der Waals surface area contributed by atoms with Crippen LogP contribution in [0.4, 0.5) is 51.7 Å². The Labute approximate surface area is 803 Å². The van der Waals surface area contributed by atoms with Gasteiger partial charge in [0, 0.05) is 122 Å². The molecule has 0 aliphatic carbocycles. The molecule has 8 atom stereocenters. The Morgan fingerprint density at radius 3 is 1.23 bits per heavy atom. The molecule has 4 fully saturated rings. The highest BCUT2D eigenvalue weighted by atomic mass is 79.9. The number of pyridine rings is 4. The lowest BCUT2D eigenvalue weighted by molar-refractivity contribution is 0.108. The van der Waals surface area contributed by atoms with Gasteiger partial charge in [-0.25, -0.2) is 36.8 Å². The second kappa shape index (κ2) is 45.2. The van der Waals surface area contributed by atoms with Crippen molar-refractivity contribution in [2.75, 3.05) is 139 Å². The third-order valence-electron chi connectivity index (χ3n) is 23.2. The molecule has 4 saturated heterocycles. The van der Waals surface area contributed by atoms with Crippen molar-refractivity contribution in [3.8, 4) is 69.5 Å². The van der Waals surface area contributed by atoms with Crippen LogP contribution >= 0.6 is 89.9 Å². The number of nitriles is 4. The summed E-state index contributed by atoms with van der Waals surface area (Å²) in [7, 11) is 2.91. The lowest BCUT2D eigenvalue weighted by Crippen LogP contribution is -2.43. The normalized spacial score (nSPS) is 19.6. The molecule has 0 spiro atoms. The summed E-state index contributed by atoms with van der Waals surface area (Å²) in [5, 5.41) is 87.8. The van der Waals surface area contributed by atoms with E-state index in [9.17, 15) is 37.4 Å². The first-order valence-electron chi connectivity index (χ1n) is 41.5. The van der Waals surface area contributed by atoms with E-state index in [1.54, 1.807) is 72.4 Å². The molecule has 6 aromatic carbocycles. The highest BCUT2D eigenvalue weighted by Gasteiger charge is 2.38. The number of anilines is 9. The lowest BCUT2D eigenvalue weighted by atomic mass is 9.94. The molecule has 0 unspecified atom stereocenters. The third-order valence-corrected chi connectivity index (χ3v) is 30.0. The molecule has 4 aromatic heterocycles. The molecule has 39 heteroatoms. The number of aliphatic hydroxyl groups excluding tert-OH is 4. The fourth-order valence-electron chi connectivity index (χ4n) is 15.7. The highest BCUT2D eigenvalue weighted by Crippen LogP contribution is 2.48. The Morgan fingerprint density at radius 2 is 0.840 bits per heavy atom. The first kappa shape index (κ1) is 99.4. The summed E-state index contributed by atoms with van der Waals surface area (Å²) in [4.78, 5) is 25.6. The van der Waals surface area contributed by atoms with Crippen molar-refractivity contribution in [3.05, 3.63) is 226 Å². The van der Waals surface area contributed by atoms with Gasteiger partial charge in [0.2, 0.25) is 20.0 Å². The summed E-state index contributed by atoms with van der Waals surface area (Å²) in [6.07, 6.45) is 6.28. The SMILES string of the molecule is CN1c2ccc(-c3cnc(N)c(Cl)c3N3CC[C@H](C#N)[C@@H](O)C3)cc2CS1(=O)=O.COc1ccc(CN(Cc2ccc(OC)cc2)c2ncc(Br)c(Cl)c2Cl)cc1.COc1ccc(CNc2ncc(-c3ccc4c(c3)CS(=O)(=O)N4C)c(N3CC[C@H](C#N)[C@@H](O)C3)c2Cl)cc1.COc1ccc(CNc2ncc(Br)c(N3CC[C@H](C#N)[C@@H](O)C3)c2Cl)cc1.N#C[C@H]1CCNC[C@@H]1O. The first-order valence-corrected chi connectivity index (χ1v) is 48.2. The van der Waals surface area contributed by atoms with Crippen LogP contribution < -0.4 is 68.8 Å². The Kier molecular flexibility index (Phi) is 34.3. The van der Waals surface area contributed by atoms with Crippen LogP contribution in [0.2, 0.25) is 25.1 Å². The van der Waals surface area contributed by atoms with Crippen molar-refractivity contribution in [1.29, 1.82) is 21.0 Å². The van der Waals surface area contributed by atoms with Crippen molar-refractivity contribution in [2.24, 2.45) is 23.7 Å². The lowest BCUT2D eigenvalue weighted by Gasteiger charge is -2.36. The second-order valence-corrected chi connectivity index (χ2v) is 39.2. The smallest absolute Gasteiger partial charge is 0.239 e. The zero-order valence-corrected chi connectivity index (χ0v) is 80.8. The topological polar surface area (TPSA) is 414 Å². The Morgan fingerprint density at radius 1 is 0.473 bits per heavy atom. The third kappa shape index (κ3) is 24.1. The largest absolute Gasteiger partial charge is 0.497 e. The molecule has 30 nitrogen and oxygen atoms in total. The summed E-state index contributed by atoms with van der Waals surface area (Å²) >= 11 is 39.8. The quantitative estimate of drug-likeness (QED) is 0.0351. The summed E-state index contributed by atoms with van der Waals surface area (Å²) in [5.41, 5.74) is 18.0. The molecular weight excluding hydrogens is 1950 g/mol. The number of β-amino-alcohol motifs (C(OH)–C–C–N with tert-alkyl or cyclic N) is 4. The van der Waals surface area contributed by atoms with E-state index in [0.717, 1.165) is 85.1 Å². The molecular formula is C92H97Br2Cl5N18O12S2. The fraction of sp³-hybridized carbons (Fsp3) is 0.348. The number of hydrogen-bond acceptors (Lipinski definition) is 28. The summed E-state index contributed by atoms with van der Waals surface area (Å²) in [5.74, 6) is 3.57. The zero-order valence-electron chi connectivity index (χ0n) is 72.2. The standard InChI is InChI=1S/C27H28ClN5O4S.C21H19BrCl2N2O2.C19H20BrClN4O2.C19H20ClN5O3S.C6H10N2O/c1-32-23-8-5-18(11-20(23)16-38(32,35)36)22-14-31-27(30-13-17-3-6-21(37-2)7-4-17)25(28)26(22)33-10-9-19(12-29)24(34)15-33;1-27-16-7-3-14(4-8-16)12-26(13-15-5-9-17(28-2)10-6-15)21-20(24)19(23)18(22)11-25-21;1-27-14-4-2-12(3-5-14)9-23-19-17(21)18(15(20)10-24-19)25-7-6-13(8-22)16(26)11-25;1-24-15-3-2-11(6-13(15)10-29(24,27)28)14-8-23-19(22)17(20)18(14)25-5-4-12(7-21)16(26)9-25;7-3-5-1-2-8-4-6(5)9/h3-8,11,14,19,24,34H,9-10,13,15-16H2,1-2H3,(H,30,31);3-11H,12-13H2,1-2H3;2-5,10,13,16,26H,6-7,9,11H2,1H3,(H,23,24);2-3,6,8,12,16,26H,4-5,9-10H2,1H3,(H2,22,23);5-6,8-9H,1-2,4H2/t19-,24+;;13-,16+;12-,16+;5-,6+/m1.111/s1. The number of nitrogen functional groups attached to an aromatic ring is 1. The maximum atomic E-state index is 12.4. The van der Waals surface area contributed by atoms with Gasteiger partial charge in [-0.1, -0.05) is 119 Å². The van der Waals surface area contributed by atoms with Gasteiger partial charge in [0.05, 0.1) is 155 Å². The van der Waals surface area contributed by atoms with Crippen LogP contribution in [-0.4, -0.2) is 177 Å². The summed E-state index contributed by atoms with van der Waals surface area (Å²) < 4.78 is 74.1. The first-order chi connectivity index (χ1) is 62.8. The molecule has 6 aliphatic rings. The number of aromatic nitrogens is 4. The molecule has 10 heterocycles. The number of aliphatic hydroxyl groups is 4. The molecule has 6 aliphatic heterocycles. The summed E-state index contributed by atoms with van der Waals surface area (Å²) in [6.45, 7) is 6.27. The van der Waals surface area contributed by atoms with E-state index in [1.165, 1.54) is 15.7 Å². The monoisotopic (exact) mass is 2040 g/mol. The van der Waals surface area contributed by atoms with Crippen LogP contribution in [0.25, 0.3) is 22.3 Å². The van der Waals surface area contributed by atoms with E-state index in [-0.39, 0.29) is 47.3 Å². The van der Waals surface area contributed by atoms with Crippen LogP contribution in [0.1, 0.15) is 59.1 Å². The molecule has 0 saturated carbocycles. The average molecular weight is 2050 g/mol. The number of nitrogens with two attached hydrogens (primary N) is 1. The van der Waals surface area contributed by atoms with Gasteiger partial charge in [0.1, 0.15) is 66.4 Å². The van der Waals surface area contributed by atoms with Crippen molar-refractivity contribution >= 4 is 162 Å². The fourth-order valence-corrected chi connectivity index (χ4v) is 20.7. The second-order valence-electron chi connectivity index (χ2n) is 31.6. The van der Waals surface area contributed by atoms with Crippen molar-refractivity contribution in [1.82, 2.24) is 25.3 Å². The number of nitrogens with one attached hydrogen (secondary N) is 3. The number of piperidine rings is 4. The minimum Gasteiger partial charge on any atom is -0.497 e. The van der Waals surface area contributed by atoms with Gasteiger partial charge in [-0.2, -0.15) is 21.0 Å². The van der Waals surface area contributed by atoms with Crippen LogP contribution in [0, 0.1) is 69.0 Å². The number of hydrogen-bond donors (Lipinski definition) is 8. The van der Waals surface area contributed by atoms with E-state index in [2.05, 4.69) is 96.9 Å². The maximum Gasteiger partial charge on any atom is 0.239 e. The van der Waals surface area contributed by atoms with Gasteiger partial charge < -0.3 is 80.7 Å². The number of fused-ring (bicyclic) bond motifs is 2. The number of ether oxygens (including phenoxy) is 4. The van der Waals surface area contributed by atoms with Crippen LogP contribution in [-0.2, 0) is 57.7 Å². The molecule has 16 rings (SSSR count). The minimum absolute atomic E-state index is 0.0651. The molecule has 131 heavy (non-hydrogen) atoms. The number of halogens is 7. The number of benzene rings is 6. The van der Waals surface area contributed by atoms with Gasteiger partial charge in [-0.15, -0.1) is 0 Å². The molecule has 9 N–H and O–H groups in total. The van der Waals surface area contributed by atoms with Gasteiger partial charge in [-0.3, -0.25) is 8.61 Å². The predicted octanol–water partition coefficient (Wildman–Crippen LogP) is 15.7. The predicted molar refractivity (Wildman–Crippen MR) is 520 cm³/mol. The van der Waals surface area contributed by atoms with E-state index >= 15 is 0 Å². The van der Waals surface area contributed by atoms with Crippen LogP contribution in [0.3, 0.4) is 0 Å². The van der Waals surface area contributed by atoms with Crippen molar-refractivity contribution in [2.45, 2.75) is 87.8 Å². The van der Waals surface area contributed by atoms with Gasteiger partial charge in [0.15, 0.2) is 0 Å². The van der Waals surface area contributed by atoms with Gasteiger partial charge in [0.25, 0.3) is 0 Å². The van der Waals surface area contributed by atoms with E-state index < -0.39 is 56.3 Å². The highest BCUT2D eigenvalue weighted by molar-refractivity contribution is 9.11. The summed E-state index contributed by atoms with van der Waals surface area (Å²) in [6, 6.07) is 50.7. The number of sulfonamides is 2. The molecule has 688 valence electrons. The average Bonchev–Trinajstić information content (AvgIpc) is 1.37. The van der Waals surface area contributed by atoms with Crippen LogP contribution in [0.15, 0.2) is 167 Å². The van der Waals surface area contributed by atoms with E-state index in [1.807, 2.05) is 136 Å². The number of methoxy groups -OCH3 is 4. The maximum absolute atomic E-state index is 12.4.